The number of benzene rings is 2. The number of rotatable bonds is 8. The van der Waals surface area contributed by atoms with Gasteiger partial charge in [-0.2, -0.15) is 0 Å². The Balaban J connectivity index is 1.83. The van der Waals surface area contributed by atoms with Crippen LogP contribution in [0.2, 0.25) is 0 Å². The minimum Gasteiger partial charge on any atom is -0.497 e. The average molecular weight is 314 g/mol. The number of nitrogens with one attached hydrogen (secondary N) is 2. The van der Waals surface area contributed by atoms with E-state index in [9.17, 15) is 4.79 Å². The molecular weight excluding hydrogens is 292 g/mol. The summed E-state index contributed by atoms with van der Waals surface area (Å²) in [6.45, 7) is 3.01. The van der Waals surface area contributed by atoms with E-state index >= 15 is 0 Å². The summed E-state index contributed by atoms with van der Waals surface area (Å²) in [6, 6.07) is 15.0. The van der Waals surface area contributed by atoms with Crippen molar-refractivity contribution in [2.75, 3.05) is 30.9 Å². The largest absolute Gasteiger partial charge is 0.497 e. The molecule has 1 amide bonds. The first kappa shape index (κ1) is 16.7. The zero-order valence-electron chi connectivity index (χ0n) is 13.5. The van der Waals surface area contributed by atoms with Crippen LogP contribution in [0.25, 0.3) is 0 Å². The smallest absolute Gasteiger partial charge is 0.226 e. The van der Waals surface area contributed by atoms with Crippen LogP contribution in [0.3, 0.4) is 0 Å². The molecule has 0 heterocycles. The van der Waals surface area contributed by atoms with Gasteiger partial charge in [0.1, 0.15) is 11.5 Å². The van der Waals surface area contributed by atoms with Crippen molar-refractivity contribution in [3.05, 3.63) is 48.5 Å². The Morgan fingerprint density at radius 1 is 1.13 bits per heavy atom. The second-order valence-electron chi connectivity index (χ2n) is 4.89. The number of methoxy groups -OCH3 is 1. The molecule has 2 rings (SSSR count). The van der Waals surface area contributed by atoms with Crippen LogP contribution in [0, 0.1) is 0 Å². The summed E-state index contributed by atoms with van der Waals surface area (Å²) in [5.74, 6) is 1.40. The average Bonchev–Trinajstić information content (AvgIpc) is 2.57. The highest BCUT2D eigenvalue weighted by molar-refractivity contribution is 5.92. The molecule has 0 fully saturated rings. The molecular formula is C18H22N2O3. The molecule has 0 spiro atoms. The third-order valence-electron chi connectivity index (χ3n) is 3.21. The van der Waals surface area contributed by atoms with Gasteiger partial charge >= 0.3 is 0 Å². The van der Waals surface area contributed by atoms with Crippen molar-refractivity contribution in [1.29, 1.82) is 0 Å². The molecule has 0 atom stereocenters. The first-order chi connectivity index (χ1) is 11.2. The number of carbonyl (C=O) groups excluding carboxylic acids is 1. The topological polar surface area (TPSA) is 59.6 Å². The number of anilines is 2. The molecule has 5 heteroatoms. The van der Waals surface area contributed by atoms with Gasteiger partial charge in [0.05, 0.1) is 19.4 Å². The van der Waals surface area contributed by atoms with Crippen molar-refractivity contribution >= 4 is 17.3 Å². The van der Waals surface area contributed by atoms with Gasteiger partial charge in [-0.15, -0.1) is 0 Å². The van der Waals surface area contributed by atoms with E-state index in [0.29, 0.717) is 31.0 Å². The zero-order chi connectivity index (χ0) is 16.5. The van der Waals surface area contributed by atoms with Crippen molar-refractivity contribution in [3.8, 4) is 11.5 Å². The number of hydrogen-bond donors (Lipinski definition) is 2. The van der Waals surface area contributed by atoms with Crippen LogP contribution in [-0.4, -0.2) is 26.2 Å². The fraction of sp³-hybridized carbons (Fsp3) is 0.278. The summed E-state index contributed by atoms with van der Waals surface area (Å²) < 4.78 is 10.7. The van der Waals surface area contributed by atoms with Crippen LogP contribution in [-0.2, 0) is 4.79 Å². The van der Waals surface area contributed by atoms with Gasteiger partial charge in [0.15, 0.2) is 0 Å². The van der Waals surface area contributed by atoms with Gasteiger partial charge in [-0.05, 0) is 31.2 Å². The zero-order valence-corrected chi connectivity index (χ0v) is 13.5. The SMILES string of the molecule is CCOc1ccccc1NC(=O)CCNc1cccc(OC)c1. The van der Waals surface area contributed by atoms with Crippen molar-refractivity contribution in [2.24, 2.45) is 0 Å². The molecule has 2 aromatic carbocycles. The van der Waals surface area contributed by atoms with Crippen LogP contribution in [0.15, 0.2) is 48.5 Å². The Kier molecular flexibility index (Phi) is 6.29. The Morgan fingerprint density at radius 3 is 2.74 bits per heavy atom. The molecule has 122 valence electrons. The van der Waals surface area contributed by atoms with E-state index in [0.717, 1.165) is 11.4 Å². The highest BCUT2D eigenvalue weighted by Gasteiger charge is 2.07. The molecule has 0 aliphatic rings. The number of amides is 1. The summed E-state index contributed by atoms with van der Waals surface area (Å²) in [7, 11) is 1.63. The molecule has 2 N–H and O–H groups in total. The van der Waals surface area contributed by atoms with E-state index in [2.05, 4.69) is 10.6 Å². The van der Waals surface area contributed by atoms with Crippen molar-refractivity contribution < 1.29 is 14.3 Å². The van der Waals surface area contributed by atoms with E-state index in [1.54, 1.807) is 7.11 Å². The van der Waals surface area contributed by atoms with Crippen molar-refractivity contribution in [1.82, 2.24) is 0 Å². The van der Waals surface area contributed by atoms with Gasteiger partial charge < -0.3 is 20.1 Å². The highest BCUT2D eigenvalue weighted by atomic mass is 16.5. The van der Waals surface area contributed by atoms with Gasteiger partial charge in [0.25, 0.3) is 0 Å². The van der Waals surface area contributed by atoms with Crippen LogP contribution < -0.4 is 20.1 Å². The molecule has 0 saturated heterocycles. The lowest BCUT2D eigenvalue weighted by atomic mass is 10.2. The van der Waals surface area contributed by atoms with Crippen LogP contribution in [0.5, 0.6) is 11.5 Å². The lowest BCUT2D eigenvalue weighted by molar-refractivity contribution is -0.116. The second kappa shape index (κ2) is 8.68. The van der Waals surface area contributed by atoms with Gasteiger partial charge in [-0.1, -0.05) is 18.2 Å². The van der Waals surface area contributed by atoms with E-state index in [-0.39, 0.29) is 5.91 Å². The van der Waals surface area contributed by atoms with E-state index in [1.165, 1.54) is 0 Å². The normalized spacial score (nSPS) is 10.0. The lowest BCUT2D eigenvalue weighted by Crippen LogP contribution is -2.16. The maximum atomic E-state index is 12.1. The fourth-order valence-corrected chi connectivity index (χ4v) is 2.12. The third kappa shape index (κ3) is 5.21. The number of hydrogen-bond acceptors (Lipinski definition) is 4. The van der Waals surface area contributed by atoms with Gasteiger partial charge in [-0.3, -0.25) is 4.79 Å². The summed E-state index contributed by atoms with van der Waals surface area (Å²) >= 11 is 0. The molecule has 0 saturated carbocycles. The maximum absolute atomic E-state index is 12.1. The van der Waals surface area contributed by atoms with Crippen LogP contribution in [0.1, 0.15) is 13.3 Å². The molecule has 5 nitrogen and oxygen atoms in total. The van der Waals surface area contributed by atoms with Crippen molar-refractivity contribution in [3.63, 3.8) is 0 Å². The Morgan fingerprint density at radius 2 is 1.96 bits per heavy atom. The summed E-state index contributed by atoms with van der Waals surface area (Å²) in [6.07, 6.45) is 0.359. The van der Waals surface area contributed by atoms with Gasteiger partial charge in [0, 0.05) is 24.7 Å². The minimum atomic E-state index is -0.0625. The second-order valence-corrected chi connectivity index (χ2v) is 4.89. The molecule has 23 heavy (non-hydrogen) atoms. The van der Waals surface area contributed by atoms with Crippen LogP contribution in [0.4, 0.5) is 11.4 Å². The molecule has 0 unspecified atom stereocenters. The van der Waals surface area contributed by atoms with Gasteiger partial charge in [0.2, 0.25) is 5.91 Å². The molecule has 0 aliphatic heterocycles. The van der Waals surface area contributed by atoms with E-state index < -0.39 is 0 Å². The molecule has 0 aliphatic carbocycles. The molecule has 2 aromatic rings. The summed E-state index contributed by atoms with van der Waals surface area (Å²) in [5.41, 5.74) is 1.62. The first-order valence-electron chi connectivity index (χ1n) is 7.62. The Bertz CT molecular complexity index is 644. The van der Waals surface area contributed by atoms with Gasteiger partial charge in [-0.25, -0.2) is 0 Å². The predicted octanol–water partition coefficient (Wildman–Crippen LogP) is 3.53. The number of carbonyl (C=O) groups is 1. The highest BCUT2D eigenvalue weighted by Crippen LogP contribution is 2.23. The van der Waals surface area contributed by atoms with Crippen LogP contribution >= 0.6 is 0 Å². The first-order valence-corrected chi connectivity index (χ1v) is 7.62. The van der Waals surface area contributed by atoms with E-state index in [4.69, 9.17) is 9.47 Å². The van der Waals surface area contributed by atoms with Crippen molar-refractivity contribution in [2.45, 2.75) is 13.3 Å². The quantitative estimate of drug-likeness (QED) is 0.782. The monoisotopic (exact) mass is 314 g/mol. The molecule has 0 aromatic heterocycles. The number of ether oxygens (including phenoxy) is 2. The molecule has 0 radical (unpaired) electrons. The Hall–Kier alpha value is -2.69. The minimum absolute atomic E-state index is 0.0625. The third-order valence-corrected chi connectivity index (χ3v) is 3.21. The number of para-hydroxylation sites is 2. The Labute approximate surface area is 136 Å². The van der Waals surface area contributed by atoms with E-state index in [1.807, 2.05) is 55.5 Å². The molecule has 0 bridgehead atoms. The lowest BCUT2D eigenvalue weighted by Gasteiger charge is -2.12. The predicted molar refractivity (Wildman–Crippen MR) is 92.3 cm³/mol. The maximum Gasteiger partial charge on any atom is 0.226 e. The summed E-state index contributed by atoms with van der Waals surface area (Å²) in [5, 5.41) is 6.08. The standard InChI is InChI=1S/C18H22N2O3/c1-3-23-17-10-5-4-9-16(17)20-18(21)11-12-19-14-7-6-8-15(13-14)22-2/h4-10,13,19H,3,11-12H2,1-2H3,(H,20,21). The fourth-order valence-electron chi connectivity index (χ4n) is 2.12. The summed E-state index contributed by atoms with van der Waals surface area (Å²) in [4.78, 5) is 12.1.